The first-order valence-corrected chi connectivity index (χ1v) is 15.2. The second-order valence-corrected chi connectivity index (χ2v) is 13.1. The van der Waals surface area contributed by atoms with E-state index in [4.69, 9.17) is 0 Å². The third kappa shape index (κ3) is 4.75. The Hall–Kier alpha value is -2.10. The average molecular weight is 605 g/mol. The zero-order valence-electron chi connectivity index (χ0n) is 22.2. The van der Waals surface area contributed by atoms with Gasteiger partial charge in [0.05, 0.1) is 23.2 Å². The molecule has 4 rings (SSSR count). The van der Waals surface area contributed by atoms with Crippen LogP contribution in [0.25, 0.3) is 0 Å². The minimum atomic E-state index is -0.746. The van der Waals surface area contributed by atoms with Crippen LogP contribution in [-0.4, -0.2) is 85.8 Å². The topological polar surface area (TPSA) is 81.2 Å². The number of hydrogen-bond donors (Lipinski definition) is 1. The molecule has 0 radical (unpaired) electrons. The molecule has 7 nitrogen and oxygen atoms in total. The first kappa shape index (κ1) is 28.9. The highest BCUT2D eigenvalue weighted by Gasteiger charge is 2.76. The molecular formula is C29H38BrN3O4S. The van der Waals surface area contributed by atoms with Gasteiger partial charge in [0, 0.05) is 41.4 Å². The molecule has 0 saturated carbocycles. The molecule has 9 heteroatoms. The maximum absolute atomic E-state index is 14.3. The SMILES string of the molecule is C=CCN(C(=O)[C@H]1[C@@H]2SC3(CC2Br)C(C(=O)N(CC=C)C(C)CCC)N(CCO)C(=O)[C@H]13)c1ccccc1. The monoisotopic (exact) mass is 603 g/mol. The average Bonchev–Trinajstić information content (AvgIpc) is 3.49. The molecule has 4 unspecified atom stereocenters. The number of rotatable bonds is 12. The fraction of sp³-hybridized carbons (Fsp3) is 0.552. The Morgan fingerprint density at radius 2 is 1.92 bits per heavy atom. The van der Waals surface area contributed by atoms with Gasteiger partial charge in [-0.15, -0.1) is 24.9 Å². The van der Waals surface area contributed by atoms with Crippen LogP contribution in [0.4, 0.5) is 5.69 Å². The molecule has 2 bridgehead atoms. The molecular weight excluding hydrogens is 566 g/mol. The summed E-state index contributed by atoms with van der Waals surface area (Å²) >= 11 is 5.44. The van der Waals surface area contributed by atoms with E-state index >= 15 is 0 Å². The molecule has 38 heavy (non-hydrogen) atoms. The molecule has 3 aliphatic rings. The number of carbonyl (C=O) groups is 3. The van der Waals surface area contributed by atoms with Crippen molar-refractivity contribution in [2.24, 2.45) is 11.8 Å². The number of para-hydroxylation sites is 1. The first-order valence-electron chi connectivity index (χ1n) is 13.4. The molecule has 3 amide bonds. The lowest BCUT2D eigenvalue weighted by atomic mass is 9.70. The maximum atomic E-state index is 14.3. The summed E-state index contributed by atoms with van der Waals surface area (Å²) < 4.78 is -0.746. The zero-order chi connectivity index (χ0) is 27.6. The molecule has 0 aromatic heterocycles. The number of nitrogens with zero attached hydrogens (tertiary/aromatic N) is 3. The summed E-state index contributed by atoms with van der Waals surface area (Å²) in [6.07, 6.45) is 5.78. The van der Waals surface area contributed by atoms with E-state index in [9.17, 15) is 19.5 Å². The van der Waals surface area contributed by atoms with Gasteiger partial charge in [0.15, 0.2) is 0 Å². The summed E-state index contributed by atoms with van der Waals surface area (Å²) in [4.78, 5) is 47.7. The van der Waals surface area contributed by atoms with E-state index in [1.54, 1.807) is 33.7 Å². The summed E-state index contributed by atoms with van der Waals surface area (Å²) in [6.45, 7) is 12.3. The van der Waals surface area contributed by atoms with Crippen molar-refractivity contribution in [2.75, 3.05) is 31.1 Å². The lowest BCUT2D eigenvalue weighted by Gasteiger charge is -2.40. The number of amides is 3. The van der Waals surface area contributed by atoms with Crippen molar-refractivity contribution in [3.8, 4) is 0 Å². The lowest BCUT2D eigenvalue weighted by Crippen LogP contribution is -2.57. The van der Waals surface area contributed by atoms with Crippen LogP contribution < -0.4 is 4.90 Å². The fourth-order valence-electron chi connectivity index (χ4n) is 6.64. The maximum Gasteiger partial charge on any atom is 0.247 e. The second-order valence-electron chi connectivity index (χ2n) is 10.4. The molecule has 3 fully saturated rings. The van der Waals surface area contributed by atoms with Gasteiger partial charge in [-0.3, -0.25) is 14.4 Å². The quantitative estimate of drug-likeness (QED) is 0.290. The Labute approximate surface area is 238 Å². The molecule has 1 aromatic rings. The van der Waals surface area contributed by atoms with Gasteiger partial charge < -0.3 is 19.8 Å². The second kappa shape index (κ2) is 12.0. The number of fused-ring (bicyclic) bond motifs is 1. The van der Waals surface area contributed by atoms with Gasteiger partial charge in [0.25, 0.3) is 0 Å². The van der Waals surface area contributed by atoms with Gasteiger partial charge in [0.1, 0.15) is 6.04 Å². The van der Waals surface area contributed by atoms with Crippen LogP contribution in [-0.2, 0) is 14.4 Å². The summed E-state index contributed by atoms with van der Waals surface area (Å²) in [5, 5.41) is 9.77. The van der Waals surface area contributed by atoms with Crippen LogP contribution in [0.2, 0.25) is 0 Å². The van der Waals surface area contributed by atoms with Crippen molar-refractivity contribution in [3.05, 3.63) is 55.6 Å². The summed E-state index contributed by atoms with van der Waals surface area (Å²) in [6, 6.07) is 8.66. The third-order valence-corrected chi connectivity index (χ3v) is 11.4. The van der Waals surface area contributed by atoms with Gasteiger partial charge in [-0.2, -0.15) is 0 Å². The predicted octanol–water partition coefficient (Wildman–Crippen LogP) is 3.87. The zero-order valence-corrected chi connectivity index (χ0v) is 24.6. The standard InChI is InChI=1S/C29H38BrN3O4S/c1-5-11-19(4)31(14-6-2)28(37)25-29-18-21(30)24(38-29)22(23(29)27(36)33(25)16-17-34)26(35)32(15-7-3)20-12-9-8-10-13-20/h6-10,12-13,19,21-25,34H,2-3,5,11,14-18H2,1,4H3/t19?,21?,22-,23+,24-,25?,29?/m1/s1. The number of benzene rings is 1. The molecule has 206 valence electrons. The Morgan fingerprint density at radius 3 is 2.53 bits per heavy atom. The van der Waals surface area contributed by atoms with Crippen LogP contribution in [0.15, 0.2) is 55.6 Å². The summed E-state index contributed by atoms with van der Waals surface area (Å²) in [7, 11) is 0. The van der Waals surface area contributed by atoms with Crippen LogP contribution >= 0.6 is 27.7 Å². The number of β-amino-alcohol motifs (C(OH)–C–C–N with tert-alkyl or cyclic N) is 1. The molecule has 1 spiro atoms. The number of hydrogen-bond acceptors (Lipinski definition) is 5. The molecule has 1 N–H and O–H groups in total. The number of carbonyl (C=O) groups excluding carboxylic acids is 3. The van der Waals surface area contributed by atoms with Crippen molar-refractivity contribution < 1.29 is 19.5 Å². The Morgan fingerprint density at radius 1 is 1.24 bits per heavy atom. The van der Waals surface area contributed by atoms with E-state index < -0.39 is 22.6 Å². The summed E-state index contributed by atoms with van der Waals surface area (Å²) in [5.74, 6) is -1.69. The van der Waals surface area contributed by atoms with E-state index in [0.29, 0.717) is 19.5 Å². The number of aliphatic hydroxyl groups excluding tert-OH is 1. The Balaban J connectivity index is 1.77. The number of halogens is 1. The van der Waals surface area contributed by atoms with Crippen LogP contribution in [0.3, 0.4) is 0 Å². The minimum absolute atomic E-state index is 0.0165. The molecule has 3 aliphatic heterocycles. The molecule has 1 aromatic carbocycles. The van der Waals surface area contributed by atoms with Crippen molar-refractivity contribution in [1.29, 1.82) is 0 Å². The highest BCUT2D eigenvalue weighted by atomic mass is 79.9. The third-order valence-electron chi connectivity index (χ3n) is 8.14. The van der Waals surface area contributed by atoms with Gasteiger partial charge in [-0.05, 0) is 31.9 Å². The lowest BCUT2D eigenvalue weighted by molar-refractivity contribution is -0.144. The van der Waals surface area contributed by atoms with Crippen molar-refractivity contribution in [1.82, 2.24) is 9.80 Å². The van der Waals surface area contributed by atoms with E-state index in [1.807, 2.05) is 42.2 Å². The highest BCUT2D eigenvalue weighted by molar-refractivity contribution is 9.09. The van der Waals surface area contributed by atoms with Crippen LogP contribution in [0.5, 0.6) is 0 Å². The first-order chi connectivity index (χ1) is 18.3. The number of thioether (sulfide) groups is 1. The van der Waals surface area contributed by atoms with Crippen molar-refractivity contribution >= 4 is 51.1 Å². The van der Waals surface area contributed by atoms with Crippen molar-refractivity contribution in [3.63, 3.8) is 0 Å². The fourth-order valence-corrected chi connectivity index (χ4v) is 10.2. The van der Waals surface area contributed by atoms with E-state index in [1.165, 1.54) is 0 Å². The summed E-state index contributed by atoms with van der Waals surface area (Å²) in [5.41, 5.74) is 0.751. The molecule has 3 heterocycles. The number of aliphatic hydroxyl groups is 1. The Bertz CT molecular complexity index is 1070. The minimum Gasteiger partial charge on any atom is -0.395 e. The largest absolute Gasteiger partial charge is 0.395 e. The van der Waals surface area contributed by atoms with Gasteiger partial charge in [0.2, 0.25) is 17.7 Å². The molecule has 7 atom stereocenters. The number of alkyl halides is 1. The predicted molar refractivity (Wildman–Crippen MR) is 156 cm³/mol. The highest BCUT2D eigenvalue weighted by Crippen LogP contribution is 2.68. The normalized spacial score (nSPS) is 30.2. The van der Waals surface area contributed by atoms with E-state index in [0.717, 1.165) is 18.5 Å². The van der Waals surface area contributed by atoms with E-state index in [2.05, 4.69) is 36.0 Å². The van der Waals surface area contributed by atoms with Crippen LogP contribution in [0.1, 0.15) is 33.1 Å². The van der Waals surface area contributed by atoms with Gasteiger partial charge in [-0.25, -0.2) is 0 Å². The smallest absolute Gasteiger partial charge is 0.247 e. The number of anilines is 1. The van der Waals surface area contributed by atoms with Crippen molar-refractivity contribution in [2.45, 2.75) is 60.0 Å². The van der Waals surface area contributed by atoms with Crippen LogP contribution in [0, 0.1) is 11.8 Å². The molecule has 0 aliphatic carbocycles. The Kier molecular flexibility index (Phi) is 9.10. The molecule has 3 saturated heterocycles. The van der Waals surface area contributed by atoms with E-state index in [-0.39, 0.29) is 47.0 Å². The van der Waals surface area contributed by atoms with Gasteiger partial charge >= 0.3 is 0 Å². The number of likely N-dealkylation sites (tertiary alicyclic amines) is 1. The van der Waals surface area contributed by atoms with Gasteiger partial charge in [-0.1, -0.05) is 59.6 Å².